The molecule has 3 nitrogen and oxygen atoms in total. The molecule has 0 bridgehead atoms. The van der Waals surface area contributed by atoms with E-state index in [4.69, 9.17) is 28.9 Å². The number of hydrogen-bond acceptors (Lipinski definition) is 3. The summed E-state index contributed by atoms with van der Waals surface area (Å²) in [6.07, 6.45) is 0. The van der Waals surface area contributed by atoms with Crippen LogP contribution in [0.1, 0.15) is 5.69 Å². The number of nitrogens with two attached hydrogens (primary N) is 1. The van der Waals surface area contributed by atoms with E-state index in [-0.39, 0.29) is 0 Å². The number of nitrogens with zero attached hydrogens (tertiary/aromatic N) is 2. The molecule has 0 aliphatic carbocycles. The molecule has 2 rings (SSSR count). The van der Waals surface area contributed by atoms with Crippen molar-refractivity contribution >= 4 is 44.9 Å². The molecular weight excluding hydrogens is 325 g/mol. The Morgan fingerprint density at radius 2 is 1.94 bits per heavy atom. The molecule has 0 saturated heterocycles. The largest absolute Gasteiger partial charge is 0.383 e. The van der Waals surface area contributed by atoms with Crippen LogP contribution in [0.4, 0.5) is 5.82 Å². The van der Waals surface area contributed by atoms with Gasteiger partial charge in [-0.1, -0.05) is 23.2 Å². The van der Waals surface area contributed by atoms with Gasteiger partial charge in [0, 0.05) is 10.6 Å². The molecular formula is C11H8BrCl2N3. The summed E-state index contributed by atoms with van der Waals surface area (Å²) in [7, 11) is 0. The summed E-state index contributed by atoms with van der Waals surface area (Å²) >= 11 is 15.3. The highest BCUT2D eigenvalue weighted by atomic mass is 79.9. The molecule has 88 valence electrons. The third-order valence-electron chi connectivity index (χ3n) is 2.21. The average molecular weight is 333 g/mol. The van der Waals surface area contributed by atoms with Crippen molar-refractivity contribution in [1.82, 2.24) is 9.97 Å². The van der Waals surface area contributed by atoms with E-state index in [1.807, 2.05) is 6.92 Å². The van der Waals surface area contributed by atoms with Gasteiger partial charge in [0.2, 0.25) is 0 Å². The van der Waals surface area contributed by atoms with E-state index < -0.39 is 0 Å². The predicted octanol–water partition coefficient (Wildman–Crippen LogP) is 4.10. The molecule has 17 heavy (non-hydrogen) atoms. The highest BCUT2D eigenvalue weighted by molar-refractivity contribution is 9.10. The second-order valence-corrected chi connectivity index (χ2v) is 5.09. The second kappa shape index (κ2) is 4.80. The van der Waals surface area contributed by atoms with Crippen LogP contribution in [0.5, 0.6) is 0 Å². The summed E-state index contributed by atoms with van der Waals surface area (Å²) in [6, 6.07) is 5.13. The number of aromatic nitrogens is 2. The summed E-state index contributed by atoms with van der Waals surface area (Å²) in [5.41, 5.74) is 7.19. The van der Waals surface area contributed by atoms with Gasteiger partial charge in [-0.3, -0.25) is 0 Å². The van der Waals surface area contributed by atoms with Gasteiger partial charge in [-0.15, -0.1) is 0 Å². The smallest absolute Gasteiger partial charge is 0.163 e. The summed E-state index contributed by atoms with van der Waals surface area (Å²) in [5.74, 6) is 0.847. The Bertz CT molecular complexity index is 564. The van der Waals surface area contributed by atoms with Gasteiger partial charge in [-0.2, -0.15) is 0 Å². The average Bonchev–Trinajstić information content (AvgIpc) is 2.28. The molecule has 1 heterocycles. The quantitative estimate of drug-likeness (QED) is 0.855. The Kier molecular flexibility index (Phi) is 3.56. The Hall–Kier alpha value is -0.840. The molecule has 0 spiro atoms. The molecule has 1 aromatic heterocycles. The van der Waals surface area contributed by atoms with E-state index in [0.717, 1.165) is 5.69 Å². The van der Waals surface area contributed by atoms with Crippen LogP contribution in [-0.2, 0) is 0 Å². The number of halogens is 3. The van der Waals surface area contributed by atoms with E-state index in [1.54, 1.807) is 18.2 Å². The summed E-state index contributed by atoms with van der Waals surface area (Å²) in [5, 5.41) is 1.11. The van der Waals surface area contributed by atoms with Crippen molar-refractivity contribution in [2.45, 2.75) is 6.92 Å². The molecule has 0 amide bonds. The lowest BCUT2D eigenvalue weighted by Gasteiger charge is -2.07. The predicted molar refractivity (Wildman–Crippen MR) is 74.3 cm³/mol. The zero-order valence-electron chi connectivity index (χ0n) is 8.84. The van der Waals surface area contributed by atoms with Crippen molar-refractivity contribution in [2.75, 3.05) is 5.73 Å². The van der Waals surface area contributed by atoms with Crippen LogP contribution < -0.4 is 5.73 Å². The van der Waals surface area contributed by atoms with Crippen LogP contribution in [0.25, 0.3) is 11.4 Å². The number of aryl methyl sites for hydroxylation is 1. The van der Waals surface area contributed by atoms with Gasteiger partial charge in [0.15, 0.2) is 5.82 Å². The molecule has 0 atom stereocenters. The van der Waals surface area contributed by atoms with Crippen molar-refractivity contribution in [3.63, 3.8) is 0 Å². The van der Waals surface area contributed by atoms with Gasteiger partial charge in [0.25, 0.3) is 0 Å². The Balaban J connectivity index is 2.64. The fraction of sp³-hybridized carbons (Fsp3) is 0.0909. The molecule has 0 unspecified atom stereocenters. The van der Waals surface area contributed by atoms with E-state index in [1.165, 1.54) is 0 Å². The van der Waals surface area contributed by atoms with Crippen molar-refractivity contribution in [2.24, 2.45) is 0 Å². The van der Waals surface area contributed by atoms with Crippen LogP contribution >= 0.6 is 39.1 Å². The maximum Gasteiger partial charge on any atom is 0.163 e. The number of anilines is 1. The van der Waals surface area contributed by atoms with Gasteiger partial charge in [-0.25, -0.2) is 9.97 Å². The summed E-state index contributed by atoms with van der Waals surface area (Å²) in [6.45, 7) is 1.84. The first kappa shape index (κ1) is 12.6. The topological polar surface area (TPSA) is 51.8 Å². The highest BCUT2D eigenvalue weighted by Crippen LogP contribution is 2.30. The van der Waals surface area contributed by atoms with E-state index in [2.05, 4.69) is 25.9 Å². The van der Waals surface area contributed by atoms with Gasteiger partial charge in [-0.05, 0) is 41.1 Å². The second-order valence-electron chi connectivity index (χ2n) is 3.46. The Labute approximate surface area is 117 Å². The minimum atomic E-state index is 0.378. The van der Waals surface area contributed by atoms with Crippen molar-refractivity contribution in [1.29, 1.82) is 0 Å². The molecule has 0 fully saturated rings. The standard InChI is InChI=1S/C11H8BrCl2N3/c1-5-9(12)10(15)17-11(16-5)7-4-6(13)2-3-8(7)14/h2-4H,1H3,(H2,15,16,17). The number of rotatable bonds is 1. The zero-order valence-corrected chi connectivity index (χ0v) is 11.9. The minimum absolute atomic E-state index is 0.378. The van der Waals surface area contributed by atoms with Crippen molar-refractivity contribution < 1.29 is 0 Å². The third-order valence-corrected chi connectivity index (χ3v) is 3.76. The first-order valence-corrected chi connectivity index (χ1v) is 6.29. The van der Waals surface area contributed by atoms with Gasteiger partial charge in [0.1, 0.15) is 5.82 Å². The lowest BCUT2D eigenvalue weighted by molar-refractivity contribution is 1.10. The lowest BCUT2D eigenvalue weighted by Crippen LogP contribution is -2.00. The zero-order chi connectivity index (χ0) is 12.6. The highest BCUT2D eigenvalue weighted by Gasteiger charge is 2.11. The van der Waals surface area contributed by atoms with E-state index >= 15 is 0 Å². The van der Waals surface area contributed by atoms with Gasteiger partial charge < -0.3 is 5.73 Å². The summed E-state index contributed by atoms with van der Waals surface area (Å²) < 4.78 is 0.694. The Morgan fingerprint density at radius 3 is 2.59 bits per heavy atom. The van der Waals surface area contributed by atoms with Crippen LogP contribution in [0.15, 0.2) is 22.7 Å². The molecule has 2 N–H and O–H groups in total. The monoisotopic (exact) mass is 331 g/mol. The van der Waals surface area contributed by atoms with Gasteiger partial charge >= 0.3 is 0 Å². The third kappa shape index (κ3) is 2.54. The van der Waals surface area contributed by atoms with Crippen molar-refractivity contribution in [3.05, 3.63) is 38.4 Å². The first-order chi connectivity index (χ1) is 7.99. The molecule has 1 aromatic carbocycles. The maximum absolute atomic E-state index is 6.08. The van der Waals surface area contributed by atoms with Crippen molar-refractivity contribution in [3.8, 4) is 11.4 Å². The minimum Gasteiger partial charge on any atom is -0.383 e. The van der Waals surface area contributed by atoms with Crippen LogP contribution in [0, 0.1) is 6.92 Å². The fourth-order valence-corrected chi connectivity index (χ4v) is 1.92. The normalized spacial score (nSPS) is 10.6. The SMILES string of the molecule is Cc1nc(-c2cc(Cl)ccc2Cl)nc(N)c1Br. The maximum atomic E-state index is 6.08. The molecule has 0 radical (unpaired) electrons. The number of nitrogen functional groups attached to an aromatic ring is 1. The van der Waals surface area contributed by atoms with E-state index in [0.29, 0.717) is 31.7 Å². The van der Waals surface area contributed by atoms with Crippen LogP contribution in [0.3, 0.4) is 0 Å². The first-order valence-electron chi connectivity index (χ1n) is 4.74. The van der Waals surface area contributed by atoms with Crippen LogP contribution in [0.2, 0.25) is 10.0 Å². The number of hydrogen-bond donors (Lipinski definition) is 1. The molecule has 0 aliphatic heterocycles. The van der Waals surface area contributed by atoms with Gasteiger partial charge in [0.05, 0.1) is 15.2 Å². The molecule has 0 aliphatic rings. The molecule has 6 heteroatoms. The van der Waals surface area contributed by atoms with Crippen LogP contribution in [-0.4, -0.2) is 9.97 Å². The fourth-order valence-electron chi connectivity index (χ4n) is 1.37. The number of benzene rings is 1. The van der Waals surface area contributed by atoms with E-state index in [9.17, 15) is 0 Å². The lowest BCUT2D eigenvalue weighted by atomic mass is 10.2. The summed E-state index contributed by atoms with van der Waals surface area (Å²) in [4.78, 5) is 8.51. The Morgan fingerprint density at radius 1 is 1.24 bits per heavy atom. The molecule has 2 aromatic rings. The molecule has 0 saturated carbocycles.